The molecule has 0 aromatic carbocycles. The van der Waals surface area contributed by atoms with Crippen LogP contribution in [0.3, 0.4) is 0 Å². The van der Waals surface area contributed by atoms with Crippen molar-refractivity contribution >= 4 is 27.2 Å². The fourth-order valence-corrected chi connectivity index (χ4v) is 2.50. The zero-order valence-corrected chi connectivity index (χ0v) is 11.4. The largest absolute Gasteiger partial charge is 0.388 e. The first kappa shape index (κ1) is 13.2. The van der Waals surface area contributed by atoms with Crippen LogP contribution in [0.2, 0.25) is 0 Å². The van der Waals surface area contributed by atoms with E-state index in [0.717, 1.165) is 5.57 Å². The third-order valence-electron chi connectivity index (χ3n) is 3.13. The molecule has 0 unspecified atom stereocenters. The molecule has 0 fully saturated rings. The van der Waals surface area contributed by atoms with Gasteiger partial charge in [0.15, 0.2) is 0 Å². The van der Waals surface area contributed by atoms with Crippen LogP contribution in [0.4, 0.5) is 5.69 Å². The van der Waals surface area contributed by atoms with E-state index in [1.807, 2.05) is 6.92 Å². The van der Waals surface area contributed by atoms with E-state index in [2.05, 4.69) is 20.9 Å². The molecule has 0 radical (unpaired) electrons. The van der Waals surface area contributed by atoms with Gasteiger partial charge in [0, 0.05) is 11.0 Å². The third-order valence-corrected chi connectivity index (χ3v) is 4.57. The summed E-state index contributed by atoms with van der Waals surface area (Å²) in [6.07, 6.45) is 4.52. The molecular formula is C12H13BrN2O3. The Morgan fingerprint density at radius 1 is 1.61 bits per heavy atom. The molecule has 0 aliphatic heterocycles. The molecule has 5 nitrogen and oxygen atoms in total. The number of aromatic nitrogens is 1. The van der Waals surface area contributed by atoms with Crippen LogP contribution in [0.15, 0.2) is 24.5 Å². The number of alkyl halides is 1. The average molecular weight is 313 g/mol. The van der Waals surface area contributed by atoms with Crippen molar-refractivity contribution in [1.82, 2.24) is 4.98 Å². The Hall–Kier alpha value is -1.27. The van der Waals surface area contributed by atoms with Crippen molar-refractivity contribution in [1.29, 1.82) is 0 Å². The second-order valence-electron chi connectivity index (χ2n) is 4.46. The van der Waals surface area contributed by atoms with E-state index in [1.54, 1.807) is 12.1 Å². The van der Waals surface area contributed by atoms with E-state index in [-0.39, 0.29) is 16.4 Å². The van der Waals surface area contributed by atoms with Crippen molar-refractivity contribution in [2.75, 3.05) is 0 Å². The number of hydrogen-bond donors (Lipinski definition) is 1. The number of aliphatic hydroxyl groups is 1. The molecule has 0 saturated heterocycles. The lowest BCUT2D eigenvalue weighted by Crippen LogP contribution is -2.29. The molecule has 1 aliphatic carbocycles. The summed E-state index contributed by atoms with van der Waals surface area (Å²) in [5, 5.41) is 20.9. The lowest BCUT2D eigenvalue weighted by atomic mass is 9.85. The van der Waals surface area contributed by atoms with Crippen molar-refractivity contribution in [2.45, 2.75) is 24.3 Å². The van der Waals surface area contributed by atoms with Gasteiger partial charge in [0.2, 0.25) is 0 Å². The van der Waals surface area contributed by atoms with Crippen molar-refractivity contribution in [3.63, 3.8) is 0 Å². The van der Waals surface area contributed by atoms with Gasteiger partial charge in [-0.3, -0.25) is 15.1 Å². The van der Waals surface area contributed by atoms with Crippen molar-refractivity contribution < 1.29 is 10.0 Å². The zero-order valence-electron chi connectivity index (χ0n) is 9.78. The average Bonchev–Trinajstić information content (AvgIpc) is 2.35. The number of aliphatic hydroxyl groups excluding tert-OH is 1. The number of rotatable bonds is 2. The minimum absolute atomic E-state index is 0.0119. The molecule has 2 rings (SSSR count). The molecule has 3 atom stereocenters. The molecule has 1 N–H and O–H groups in total. The first-order valence-electron chi connectivity index (χ1n) is 5.62. The summed E-state index contributed by atoms with van der Waals surface area (Å²) >= 11 is 3.43. The molecule has 0 amide bonds. The van der Waals surface area contributed by atoms with Crippen molar-refractivity contribution in [3.05, 3.63) is 40.2 Å². The zero-order chi connectivity index (χ0) is 13.3. The van der Waals surface area contributed by atoms with Crippen LogP contribution in [-0.4, -0.2) is 25.9 Å². The van der Waals surface area contributed by atoms with Gasteiger partial charge in [0.25, 0.3) is 5.69 Å². The van der Waals surface area contributed by atoms with Crippen LogP contribution in [0, 0.1) is 16.0 Å². The predicted molar refractivity (Wildman–Crippen MR) is 71.4 cm³/mol. The second-order valence-corrected chi connectivity index (χ2v) is 5.52. The topological polar surface area (TPSA) is 76.3 Å². The van der Waals surface area contributed by atoms with Crippen LogP contribution in [-0.2, 0) is 0 Å². The molecule has 1 heterocycles. The van der Waals surface area contributed by atoms with E-state index in [9.17, 15) is 15.2 Å². The van der Waals surface area contributed by atoms with Gasteiger partial charge in [0.05, 0.1) is 16.6 Å². The quantitative estimate of drug-likeness (QED) is 0.517. The number of allylic oxidation sites excluding steroid dienone is 1. The van der Waals surface area contributed by atoms with Gasteiger partial charge < -0.3 is 5.11 Å². The maximum Gasteiger partial charge on any atom is 0.294 e. The Labute approximate surface area is 113 Å². The summed E-state index contributed by atoms with van der Waals surface area (Å²) in [7, 11) is 0. The standard InChI is InChI=1S/C12H13BrN2O3/c1-7-4-8(5-11(16)12(7)13)9-2-3-14-6-10(9)15(17)18/h2-3,5-7,11-12,16H,4H2,1H3/t7-,11-,12-/m1/s1. The summed E-state index contributed by atoms with van der Waals surface area (Å²) in [6, 6.07) is 1.62. The van der Waals surface area contributed by atoms with E-state index >= 15 is 0 Å². The van der Waals surface area contributed by atoms with Gasteiger partial charge in [0.1, 0.15) is 6.20 Å². The SMILES string of the molecule is C[C@@H]1CC(c2ccncc2[N+](=O)[O-])=C[C@@H](O)[C@@H]1Br. The molecule has 18 heavy (non-hydrogen) atoms. The Morgan fingerprint density at radius 2 is 2.33 bits per heavy atom. The molecule has 0 bridgehead atoms. The van der Waals surface area contributed by atoms with Gasteiger partial charge in [-0.25, -0.2) is 0 Å². The van der Waals surface area contributed by atoms with Crippen LogP contribution in [0.25, 0.3) is 5.57 Å². The van der Waals surface area contributed by atoms with Crippen LogP contribution >= 0.6 is 15.9 Å². The third kappa shape index (κ3) is 2.44. The van der Waals surface area contributed by atoms with Gasteiger partial charge in [-0.15, -0.1) is 0 Å². The number of nitrogens with zero attached hydrogens (tertiary/aromatic N) is 2. The summed E-state index contributed by atoms with van der Waals surface area (Å²) in [5.41, 5.74) is 1.33. The summed E-state index contributed by atoms with van der Waals surface area (Å²) in [6.45, 7) is 2.00. The normalized spacial score (nSPS) is 27.7. The Balaban J connectivity index is 2.44. The smallest absolute Gasteiger partial charge is 0.294 e. The van der Waals surface area contributed by atoms with Gasteiger partial charge in [-0.2, -0.15) is 0 Å². The lowest BCUT2D eigenvalue weighted by molar-refractivity contribution is -0.385. The van der Waals surface area contributed by atoms with Crippen molar-refractivity contribution in [3.8, 4) is 0 Å². The molecule has 96 valence electrons. The first-order valence-corrected chi connectivity index (χ1v) is 6.54. The summed E-state index contributed by atoms with van der Waals surface area (Å²) < 4.78 is 0. The van der Waals surface area contributed by atoms with Gasteiger partial charge >= 0.3 is 0 Å². The molecule has 6 heteroatoms. The molecule has 1 aliphatic rings. The monoisotopic (exact) mass is 312 g/mol. The fraction of sp³-hybridized carbons (Fsp3) is 0.417. The highest BCUT2D eigenvalue weighted by atomic mass is 79.9. The number of nitro groups is 1. The Morgan fingerprint density at radius 3 is 2.94 bits per heavy atom. The lowest BCUT2D eigenvalue weighted by Gasteiger charge is -2.28. The Kier molecular flexibility index (Phi) is 3.77. The highest BCUT2D eigenvalue weighted by Crippen LogP contribution is 2.37. The molecule has 0 saturated carbocycles. The van der Waals surface area contributed by atoms with E-state index in [1.165, 1.54) is 12.4 Å². The highest BCUT2D eigenvalue weighted by Gasteiger charge is 2.29. The minimum Gasteiger partial charge on any atom is -0.388 e. The van der Waals surface area contributed by atoms with Gasteiger partial charge in [-0.05, 0) is 24.0 Å². The number of hydrogen-bond acceptors (Lipinski definition) is 4. The maximum absolute atomic E-state index is 11.0. The maximum atomic E-state index is 11.0. The Bertz CT molecular complexity index is 504. The molecule has 1 aromatic rings. The second kappa shape index (κ2) is 5.16. The molecule has 1 aromatic heterocycles. The fourth-order valence-electron chi connectivity index (χ4n) is 2.17. The van der Waals surface area contributed by atoms with E-state index in [4.69, 9.17) is 0 Å². The highest BCUT2D eigenvalue weighted by molar-refractivity contribution is 9.09. The summed E-state index contributed by atoms with van der Waals surface area (Å²) in [4.78, 5) is 14.3. The molecular weight excluding hydrogens is 300 g/mol. The summed E-state index contributed by atoms with van der Waals surface area (Å²) in [5.74, 6) is 0.216. The first-order chi connectivity index (χ1) is 8.50. The van der Waals surface area contributed by atoms with E-state index in [0.29, 0.717) is 12.0 Å². The van der Waals surface area contributed by atoms with Gasteiger partial charge in [-0.1, -0.05) is 28.9 Å². The van der Waals surface area contributed by atoms with Crippen LogP contribution < -0.4 is 0 Å². The number of halogens is 1. The molecule has 0 spiro atoms. The number of pyridine rings is 1. The van der Waals surface area contributed by atoms with Crippen LogP contribution in [0.5, 0.6) is 0 Å². The van der Waals surface area contributed by atoms with Crippen molar-refractivity contribution in [2.24, 2.45) is 5.92 Å². The van der Waals surface area contributed by atoms with Crippen LogP contribution in [0.1, 0.15) is 18.9 Å². The predicted octanol–water partition coefficient (Wildman–Crippen LogP) is 2.54. The minimum atomic E-state index is -0.628. The van der Waals surface area contributed by atoms with E-state index < -0.39 is 11.0 Å².